The van der Waals surface area contributed by atoms with Gasteiger partial charge < -0.3 is 14.7 Å². The number of nitrogens with one attached hydrogen (secondary N) is 1. The topological polar surface area (TPSA) is 53.7 Å². The maximum Gasteiger partial charge on any atom is 0.194 e. The third-order valence-corrected chi connectivity index (χ3v) is 5.08. The lowest BCUT2D eigenvalue weighted by Gasteiger charge is -2.30. The minimum Gasteiger partial charge on any atom is -0.361 e. The van der Waals surface area contributed by atoms with E-state index in [0.29, 0.717) is 0 Å². The Morgan fingerprint density at radius 2 is 2.07 bits per heavy atom. The molecule has 1 aliphatic rings. The van der Waals surface area contributed by atoms with Crippen LogP contribution in [-0.4, -0.2) is 42.2 Å². The second kappa shape index (κ2) is 8.89. The van der Waals surface area contributed by atoms with Crippen molar-refractivity contribution in [2.24, 2.45) is 4.99 Å². The fraction of sp³-hybridized carbons (Fsp3) is 0.455. The van der Waals surface area contributed by atoms with Gasteiger partial charge in [0.15, 0.2) is 5.96 Å². The van der Waals surface area contributed by atoms with E-state index in [1.54, 1.807) is 0 Å². The van der Waals surface area contributed by atoms with Crippen LogP contribution >= 0.6 is 0 Å². The molecule has 0 spiro atoms. The Morgan fingerprint density at radius 3 is 2.67 bits per heavy atom. The van der Waals surface area contributed by atoms with E-state index in [1.807, 2.05) is 13.8 Å². The molecule has 0 amide bonds. The van der Waals surface area contributed by atoms with E-state index in [9.17, 15) is 0 Å². The molecule has 1 unspecified atom stereocenters. The molecule has 1 atom stereocenters. The summed E-state index contributed by atoms with van der Waals surface area (Å²) >= 11 is 0. The van der Waals surface area contributed by atoms with Crippen molar-refractivity contribution in [3.8, 4) is 0 Å². The van der Waals surface area contributed by atoms with Crippen molar-refractivity contribution < 1.29 is 4.52 Å². The van der Waals surface area contributed by atoms with Crippen LogP contribution in [0.15, 0.2) is 45.9 Å². The molecule has 3 rings (SSSR count). The van der Waals surface area contributed by atoms with Crippen molar-refractivity contribution in [2.75, 3.05) is 26.2 Å². The number of benzene rings is 1. The van der Waals surface area contributed by atoms with E-state index in [4.69, 9.17) is 9.52 Å². The third-order valence-electron chi connectivity index (χ3n) is 5.08. The van der Waals surface area contributed by atoms with Crippen molar-refractivity contribution in [1.29, 1.82) is 0 Å². The van der Waals surface area contributed by atoms with Gasteiger partial charge in [-0.25, -0.2) is 0 Å². The van der Waals surface area contributed by atoms with Gasteiger partial charge in [-0.1, -0.05) is 48.5 Å². The Morgan fingerprint density at radius 1 is 1.30 bits per heavy atom. The van der Waals surface area contributed by atoms with E-state index in [2.05, 4.69) is 65.6 Å². The second-order valence-corrected chi connectivity index (χ2v) is 7.12. The zero-order chi connectivity index (χ0) is 19.2. The Hall–Kier alpha value is -2.56. The molecule has 144 valence electrons. The molecule has 0 saturated heterocycles. The largest absolute Gasteiger partial charge is 0.361 e. The van der Waals surface area contributed by atoms with Crippen LogP contribution < -0.4 is 5.32 Å². The monoisotopic (exact) mass is 366 g/mol. The van der Waals surface area contributed by atoms with E-state index in [0.717, 1.165) is 50.0 Å². The molecular formula is C22H30N4O. The highest BCUT2D eigenvalue weighted by atomic mass is 16.5. The normalized spacial score (nSPS) is 16.2. The minimum absolute atomic E-state index is 0.283. The van der Waals surface area contributed by atoms with Crippen LogP contribution in [0.25, 0.3) is 5.57 Å². The summed E-state index contributed by atoms with van der Waals surface area (Å²) in [6, 6.07) is 10.6. The van der Waals surface area contributed by atoms with Gasteiger partial charge in [-0.15, -0.1) is 0 Å². The van der Waals surface area contributed by atoms with Gasteiger partial charge in [0.25, 0.3) is 0 Å². The van der Waals surface area contributed by atoms with Crippen LogP contribution in [0.1, 0.15) is 48.8 Å². The molecule has 0 saturated carbocycles. The van der Waals surface area contributed by atoms with Crippen molar-refractivity contribution >= 4 is 11.5 Å². The fourth-order valence-electron chi connectivity index (χ4n) is 3.71. The van der Waals surface area contributed by atoms with Gasteiger partial charge in [0.05, 0.1) is 5.69 Å². The Bertz CT molecular complexity index is 787. The maximum atomic E-state index is 5.31. The van der Waals surface area contributed by atoms with Gasteiger partial charge in [0, 0.05) is 37.7 Å². The lowest BCUT2D eigenvalue weighted by Crippen LogP contribution is -2.43. The summed E-state index contributed by atoms with van der Waals surface area (Å²) < 4.78 is 5.31. The van der Waals surface area contributed by atoms with Crippen LogP contribution in [0, 0.1) is 13.8 Å². The first-order valence-corrected chi connectivity index (χ1v) is 9.80. The molecular weight excluding hydrogens is 336 g/mol. The Kier molecular flexibility index (Phi) is 6.32. The SMILES string of the molecule is CCNC(=NCC(C)c1c(C)noc1C)N1CC=C(c2ccccc2)CC1. The summed E-state index contributed by atoms with van der Waals surface area (Å²) in [6.07, 6.45) is 3.36. The quantitative estimate of drug-likeness (QED) is 0.638. The smallest absolute Gasteiger partial charge is 0.194 e. The predicted molar refractivity (Wildman–Crippen MR) is 111 cm³/mol. The van der Waals surface area contributed by atoms with Gasteiger partial charge >= 0.3 is 0 Å². The summed E-state index contributed by atoms with van der Waals surface area (Å²) in [5.41, 5.74) is 4.89. The van der Waals surface area contributed by atoms with Crippen LogP contribution in [0.4, 0.5) is 0 Å². The van der Waals surface area contributed by atoms with Crippen molar-refractivity contribution in [3.63, 3.8) is 0 Å². The fourth-order valence-corrected chi connectivity index (χ4v) is 3.71. The van der Waals surface area contributed by atoms with Crippen molar-refractivity contribution in [3.05, 3.63) is 59.0 Å². The van der Waals surface area contributed by atoms with E-state index in [-0.39, 0.29) is 5.92 Å². The second-order valence-electron chi connectivity index (χ2n) is 7.12. The van der Waals surface area contributed by atoms with Gasteiger partial charge in [-0.05, 0) is 38.3 Å². The van der Waals surface area contributed by atoms with Crippen LogP contribution in [0.3, 0.4) is 0 Å². The first-order chi connectivity index (χ1) is 13.1. The molecule has 1 aliphatic heterocycles. The standard InChI is InChI=1S/C22H30N4O/c1-5-23-22(24-15-16(2)21-17(3)25-27-18(21)4)26-13-11-20(12-14-26)19-9-7-6-8-10-19/h6-11,16H,5,12-15H2,1-4H3,(H,23,24). The van der Waals surface area contributed by atoms with Gasteiger partial charge in [0.2, 0.25) is 0 Å². The molecule has 2 aromatic rings. The molecule has 2 heterocycles. The van der Waals surface area contributed by atoms with Crippen LogP contribution in [-0.2, 0) is 0 Å². The summed E-state index contributed by atoms with van der Waals surface area (Å²) in [4.78, 5) is 7.24. The number of hydrogen-bond donors (Lipinski definition) is 1. The average molecular weight is 367 g/mol. The number of aromatic nitrogens is 1. The first-order valence-electron chi connectivity index (χ1n) is 9.80. The maximum absolute atomic E-state index is 5.31. The van der Waals surface area contributed by atoms with Crippen molar-refractivity contribution in [2.45, 2.75) is 40.0 Å². The van der Waals surface area contributed by atoms with E-state index in [1.165, 1.54) is 16.7 Å². The van der Waals surface area contributed by atoms with Gasteiger partial charge in [-0.3, -0.25) is 4.99 Å². The summed E-state index contributed by atoms with van der Waals surface area (Å²) in [7, 11) is 0. The molecule has 0 aliphatic carbocycles. The summed E-state index contributed by atoms with van der Waals surface area (Å²) in [5, 5.41) is 7.51. The van der Waals surface area contributed by atoms with Gasteiger partial charge in [0.1, 0.15) is 5.76 Å². The number of rotatable bonds is 5. The highest BCUT2D eigenvalue weighted by Crippen LogP contribution is 2.24. The zero-order valence-electron chi connectivity index (χ0n) is 16.8. The number of hydrogen-bond acceptors (Lipinski definition) is 3. The number of aliphatic imine (C=N–C) groups is 1. The molecule has 5 heteroatoms. The number of aryl methyl sites for hydroxylation is 2. The van der Waals surface area contributed by atoms with E-state index >= 15 is 0 Å². The highest BCUT2D eigenvalue weighted by molar-refractivity contribution is 5.81. The average Bonchev–Trinajstić information content (AvgIpc) is 3.04. The molecule has 1 aromatic carbocycles. The lowest BCUT2D eigenvalue weighted by atomic mass is 9.99. The number of nitrogens with zero attached hydrogens (tertiary/aromatic N) is 3. The van der Waals surface area contributed by atoms with Gasteiger partial charge in [-0.2, -0.15) is 0 Å². The minimum atomic E-state index is 0.283. The molecule has 1 N–H and O–H groups in total. The predicted octanol–water partition coefficient (Wildman–Crippen LogP) is 4.15. The third kappa shape index (κ3) is 4.59. The molecule has 0 bridgehead atoms. The summed E-state index contributed by atoms with van der Waals surface area (Å²) in [6.45, 7) is 11.7. The molecule has 0 radical (unpaired) electrons. The lowest BCUT2D eigenvalue weighted by molar-refractivity contribution is 0.391. The molecule has 1 aromatic heterocycles. The Balaban J connectivity index is 1.69. The Labute approximate surface area is 162 Å². The first kappa shape index (κ1) is 19.2. The number of guanidine groups is 1. The molecule has 0 fully saturated rings. The molecule has 27 heavy (non-hydrogen) atoms. The van der Waals surface area contributed by atoms with Crippen molar-refractivity contribution in [1.82, 2.24) is 15.4 Å². The zero-order valence-corrected chi connectivity index (χ0v) is 16.8. The highest BCUT2D eigenvalue weighted by Gasteiger charge is 2.19. The molecule has 5 nitrogen and oxygen atoms in total. The van der Waals surface area contributed by atoms with E-state index < -0.39 is 0 Å². The van der Waals surface area contributed by atoms with Crippen LogP contribution in [0.2, 0.25) is 0 Å². The van der Waals surface area contributed by atoms with Crippen LogP contribution in [0.5, 0.6) is 0 Å². The summed E-state index contributed by atoms with van der Waals surface area (Å²) in [5.74, 6) is 2.16.